The maximum Gasteiger partial charge on any atom is 0.268 e. The molecule has 2 aromatic carbocycles. The van der Waals surface area contributed by atoms with Gasteiger partial charge in [0.1, 0.15) is 5.75 Å². The summed E-state index contributed by atoms with van der Waals surface area (Å²) in [6.45, 7) is 0.877. The second kappa shape index (κ2) is 18.9. The predicted octanol–water partition coefficient (Wildman–Crippen LogP) is 5.00. The number of benzene rings is 2. The molecule has 1 amide bonds. The number of aliphatic hydroxyl groups is 2. The summed E-state index contributed by atoms with van der Waals surface area (Å²) in [5.41, 5.74) is 3.91. The molecule has 12 heteroatoms. The number of hydrogen-bond acceptors (Lipinski definition) is 8. The Morgan fingerprint density at radius 3 is 2.36 bits per heavy atom. The highest BCUT2D eigenvalue weighted by molar-refractivity contribution is 7.90. The van der Waals surface area contributed by atoms with Gasteiger partial charge >= 0.3 is 0 Å². The minimum atomic E-state index is -3.88. The highest BCUT2D eigenvalue weighted by Gasteiger charge is 2.22. The van der Waals surface area contributed by atoms with E-state index in [9.17, 15) is 18.3 Å². The molecular weight excluding hydrogens is 625 g/mol. The standard InChI is InChI=1S/C32H41N3O6S.2ClH/c36-19-6-20-42(39,40)35-32(38)29-15-14-26(21-31(29)41-28-8-3-1-2-4-9-28)25-12-10-24(11-13-25)16-18-34-23-30(37)27-7-5-17-33-22-27;;/h5,7,10-15,17,21-22,28,30,34,36-37H,1-4,6,8-9,16,18-20,23H2,(H,35,38);2*1H/t30-;;/m0../s1. The molecule has 1 aliphatic rings. The SMILES string of the molecule is Cl.Cl.O=C(NS(=O)(=O)CCCO)c1ccc(-c2ccc(CCNC[C@H](O)c3cccnc3)cc2)cc1OC1CCCCCC1. The minimum absolute atomic E-state index is 0. The number of ether oxygens (including phenoxy) is 1. The number of hydrogen-bond donors (Lipinski definition) is 4. The Hall–Kier alpha value is -2.73. The molecule has 1 aromatic heterocycles. The van der Waals surface area contributed by atoms with Crippen molar-refractivity contribution in [2.45, 2.75) is 63.6 Å². The molecule has 1 saturated carbocycles. The second-order valence-corrected chi connectivity index (χ2v) is 12.6. The van der Waals surface area contributed by atoms with Crippen molar-refractivity contribution in [2.24, 2.45) is 0 Å². The zero-order valence-electron chi connectivity index (χ0n) is 24.7. The number of carbonyl (C=O) groups is 1. The summed E-state index contributed by atoms with van der Waals surface area (Å²) in [7, 11) is -3.88. The van der Waals surface area contributed by atoms with Crippen LogP contribution in [0.25, 0.3) is 11.1 Å². The molecule has 4 N–H and O–H groups in total. The molecule has 1 fully saturated rings. The predicted molar refractivity (Wildman–Crippen MR) is 177 cm³/mol. The van der Waals surface area contributed by atoms with E-state index < -0.39 is 22.0 Å². The summed E-state index contributed by atoms with van der Waals surface area (Å²) in [4.78, 5) is 17.1. The molecule has 1 heterocycles. The first kappa shape index (κ1) is 37.5. The fourth-order valence-electron chi connectivity index (χ4n) is 5.05. The van der Waals surface area contributed by atoms with E-state index in [2.05, 4.69) is 27.2 Å². The van der Waals surface area contributed by atoms with Crippen molar-refractivity contribution in [2.75, 3.05) is 25.4 Å². The molecule has 1 atom stereocenters. The molecule has 0 spiro atoms. The number of aromatic nitrogens is 1. The Morgan fingerprint density at radius 2 is 1.70 bits per heavy atom. The van der Waals surface area contributed by atoms with Gasteiger partial charge in [0.05, 0.1) is 23.5 Å². The van der Waals surface area contributed by atoms with Gasteiger partial charge in [0.15, 0.2) is 0 Å². The van der Waals surface area contributed by atoms with Gasteiger partial charge in [-0.05, 0) is 80.0 Å². The molecule has 1 aliphatic carbocycles. The largest absolute Gasteiger partial charge is 0.490 e. The number of carbonyl (C=O) groups excluding carboxylic acids is 1. The van der Waals surface area contributed by atoms with Crippen LogP contribution < -0.4 is 14.8 Å². The Bertz CT molecular complexity index is 1390. The minimum Gasteiger partial charge on any atom is -0.490 e. The lowest BCUT2D eigenvalue weighted by molar-refractivity contribution is 0.0972. The summed E-state index contributed by atoms with van der Waals surface area (Å²) in [6, 6.07) is 17.0. The highest BCUT2D eigenvalue weighted by atomic mass is 35.5. The van der Waals surface area contributed by atoms with E-state index in [1.54, 1.807) is 30.6 Å². The lowest BCUT2D eigenvalue weighted by Crippen LogP contribution is -2.33. The maximum atomic E-state index is 13.0. The number of pyridine rings is 1. The van der Waals surface area contributed by atoms with E-state index in [0.29, 0.717) is 18.8 Å². The van der Waals surface area contributed by atoms with Crippen LogP contribution in [0.5, 0.6) is 5.75 Å². The Kier molecular flexibility index (Phi) is 16.1. The molecule has 9 nitrogen and oxygen atoms in total. The van der Waals surface area contributed by atoms with Gasteiger partial charge < -0.3 is 20.3 Å². The van der Waals surface area contributed by atoms with E-state index in [-0.39, 0.29) is 55.3 Å². The van der Waals surface area contributed by atoms with Gasteiger partial charge in [0.2, 0.25) is 10.0 Å². The number of sulfonamides is 1. The number of nitrogens with zero attached hydrogens (tertiary/aromatic N) is 1. The van der Waals surface area contributed by atoms with Gasteiger partial charge in [-0.25, -0.2) is 13.1 Å². The van der Waals surface area contributed by atoms with E-state index in [4.69, 9.17) is 9.84 Å². The lowest BCUT2D eigenvalue weighted by Gasteiger charge is -2.20. The van der Waals surface area contributed by atoms with Crippen molar-refractivity contribution in [1.82, 2.24) is 15.0 Å². The third-order valence-corrected chi connectivity index (χ3v) is 8.75. The lowest BCUT2D eigenvalue weighted by atomic mass is 10.0. The van der Waals surface area contributed by atoms with Crippen molar-refractivity contribution in [1.29, 1.82) is 0 Å². The van der Waals surface area contributed by atoms with Crippen LogP contribution in [-0.4, -0.2) is 61.1 Å². The summed E-state index contributed by atoms with van der Waals surface area (Å²) in [6.07, 6.45) is 9.74. The topological polar surface area (TPSA) is 138 Å². The van der Waals surface area contributed by atoms with Gasteiger partial charge in [-0.3, -0.25) is 9.78 Å². The third-order valence-electron chi connectivity index (χ3n) is 7.43. The van der Waals surface area contributed by atoms with E-state index in [1.165, 1.54) is 0 Å². The number of halogens is 2. The number of rotatable bonds is 14. The molecule has 0 bridgehead atoms. The molecule has 3 aromatic rings. The number of amides is 1. The molecule has 0 radical (unpaired) electrons. The van der Waals surface area contributed by atoms with Crippen molar-refractivity contribution >= 4 is 40.7 Å². The quantitative estimate of drug-likeness (QED) is 0.139. The smallest absolute Gasteiger partial charge is 0.268 e. The van der Waals surface area contributed by atoms with Gasteiger partial charge in [-0.1, -0.05) is 49.2 Å². The second-order valence-electron chi connectivity index (χ2n) is 10.7. The van der Waals surface area contributed by atoms with Gasteiger partial charge in [0, 0.05) is 31.1 Å². The first-order chi connectivity index (χ1) is 20.3. The fraction of sp³-hybridized carbons (Fsp3) is 0.438. The van der Waals surface area contributed by atoms with Crippen LogP contribution in [0.15, 0.2) is 67.0 Å². The van der Waals surface area contributed by atoms with Gasteiger partial charge in [-0.15, -0.1) is 24.8 Å². The molecule has 44 heavy (non-hydrogen) atoms. The monoisotopic (exact) mass is 667 g/mol. The summed E-state index contributed by atoms with van der Waals surface area (Å²) in [5.74, 6) is -0.701. The Balaban J connectivity index is 0.00000337. The summed E-state index contributed by atoms with van der Waals surface area (Å²) >= 11 is 0. The van der Waals surface area contributed by atoms with Gasteiger partial charge in [-0.2, -0.15) is 0 Å². The van der Waals surface area contributed by atoms with Crippen LogP contribution in [0.4, 0.5) is 0 Å². The fourth-order valence-corrected chi connectivity index (χ4v) is 6.06. The molecule has 0 saturated heterocycles. The maximum absolute atomic E-state index is 13.0. The Morgan fingerprint density at radius 1 is 1.00 bits per heavy atom. The first-order valence-electron chi connectivity index (χ1n) is 14.7. The molecule has 0 unspecified atom stereocenters. The third kappa shape index (κ3) is 11.6. The number of aliphatic hydroxyl groups excluding tert-OH is 2. The van der Waals surface area contributed by atoms with E-state index in [0.717, 1.165) is 67.2 Å². The average Bonchev–Trinajstić information content (AvgIpc) is 3.27. The normalized spacial score (nSPS) is 14.4. The molecule has 0 aliphatic heterocycles. The average molecular weight is 669 g/mol. The van der Waals surface area contributed by atoms with E-state index >= 15 is 0 Å². The van der Waals surface area contributed by atoms with E-state index in [1.807, 2.05) is 24.3 Å². The van der Waals surface area contributed by atoms with Crippen LogP contribution in [0.3, 0.4) is 0 Å². The van der Waals surface area contributed by atoms with Crippen molar-refractivity contribution in [3.63, 3.8) is 0 Å². The van der Waals surface area contributed by atoms with Crippen molar-refractivity contribution in [3.05, 3.63) is 83.7 Å². The van der Waals surface area contributed by atoms with Crippen LogP contribution in [0.2, 0.25) is 0 Å². The zero-order valence-corrected chi connectivity index (χ0v) is 27.1. The Labute approximate surface area is 272 Å². The highest BCUT2D eigenvalue weighted by Crippen LogP contribution is 2.31. The van der Waals surface area contributed by atoms with Crippen molar-refractivity contribution < 1.29 is 28.2 Å². The van der Waals surface area contributed by atoms with Gasteiger partial charge in [0.25, 0.3) is 5.91 Å². The van der Waals surface area contributed by atoms with Crippen molar-refractivity contribution in [3.8, 4) is 16.9 Å². The number of nitrogens with one attached hydrogen (secondary N) is 2. The molecular formula is C32H43Cl2N3O6S. The first-order valence-corrected chi connectivity index (χ1v) is 16.3. The molecule has 4 rings (SSSR count). The van der Waals surface area contributed by atoms with Crippen LogP contribution >= 0.6 is 24.8 Å². The van der Waals surface area contributed by atoms with Crippen LogP contribution in [0.1, 0.15) is 72.5 Å². The zero-order chi connectivity index (χ0) is 29.8. The van der Waals surface area contributed by atoms with Crippen LogP contribution in [-0.2, 0) is 16.4 Å². The summed E-state index contributed by atoms with van der Waals surface area (Å²) < 4.78 is 33.1. The molecule has 242 valence electrons. The van der Waals surface area contributed by atoms with Crippen LogP contribution in [0, 0.1) is 0 Å². The summed E-state index contributed by atoms with van der Waals surface area (Å²) in [5, 5.41) is 22.6.